The van der Waals surface area contributed by atoms with Crippen molar-refractivity contribution < 1.29 is 23.8 Å². The van der Waals surface area contributed by atoms with Crippen molar-refractivity contribution in [2.24, 2.45) is 0 Å². The molecule has 0 atom stereocenters. The number of carbonyl (C=O) groups excluding carboxylic acids is 2. The van der Waals surface area contributed by atoms with Crippen LogP contribution in [0.2, 0.25) is 0 Å². The molecule has 7 nitrogen and oxygen atoms in total. The zero-order chi connectivity index (χ0) is 20.0. The average molecular weight is 372 g/mol. The van der Waals surface area contributed by atoms with Crippen LogP contribution < -0.4 is 14.4 Å². The van der Waals surface area contributed by atoms with Crippen LogP contribution in [0.25, 0.3) is 0 Å². The summed E-state index contributed by atoms with van der Waals surface area (Å²) in [7, 11) is 1.59. The number of anilines is 1. The molecule has 0 bridgehead atoms. The van der Waals surface area contributed by atoms with Gasteiger partial charge in [0.15, 0.2) is 0 Å². The number of rotatable bonds is 5. The van der Waals surface area contributed by atoms with Crippen molar-refractivity contribution in [1.82, 2.24) is 4.98 Å². The number of amides is 1. The Morgan fingerprint density at radius 1 is 1.07 bits per heavy atom. The molecule has 0 spiro atoms. The Kier molecular flexibility index (Phi) is 6.39. The molecule has 0 fully saturated rings. The molecule has 1 heterocycles. The van der Waals surface area contributed by atoms with Crippen LogP contribution in [0.15, 0.2) is 42.6 Å². The predicted molar refractivity (Wildman–Crippen MR) is 101 cm³/mol. The molecule has 0 saturated carbocycles. The van der Waals surface area contributed by atoms with Gasteiger partial charge in [-0.25, -0.2) is 9.78 Å². The standard InChI is InChI=1S/C20H24N2O5/c1-14(23)26-17-10-11-21-18(12-17)22(19(24)27-20(2,3)4)13-15-6-8-16(25-5)9-7-15/h6-12H,13H2,1-5H3. The lowest BCUT2D eigenvalue weighted by Crippen LogP contribution is -2.37. The van der Waals surface area contributed by atoms with E-state index in [0.717, 1.165) is 11.3 Å². The molecule has 0 N–H and O–H groups in total. The second kappa shape index (κ2) is 8.53. The lowest BCUT2D eigenvalue weighted by atomic mass is 10.2. The van der Waals surface area contributed by atoms with Gasteiger partial charge in [0.05, 0.1) is 13.7 Å². The third-order valence-electron chi connectivity index (χ3n) is 3.37. The van der Waals surface area contributed by atoms with Gasteiger partial charge in [0.1, 0.15) is 22.9 Å². The van der Waals surface area contributed by atoms with Gasteiger partial charge in [-0.1, -0.05) is 12.1 Å². The van der Waals surface area contributed by atoms with E-state index in [4.69, 9.17) is 14.2 Å². The van der Waals surface area contributed by atoms with Crippen LogP contribution in [-0.4, -0.2) is 29.8 Å². The molecular weight excluding hydrogens is 348 g/mol. The number of methoxy groups -OCH3 is 1. The summed E-state index contributed by atoms with van der Waals surface area (Å²) in [4.78, 5) is 29.6. The highest BCUT2D eigenvalue weighted by Crippen LogP contribution is 2.23. The number of benzene rings is 1. The minimum atomic E-state index is -0.664. The van der Waals surface area contributed by atoms with Crippen LogP contribution in [0.3, 0.4) is 0 Å². The van der Waals surface area contributed by atoms with E-state index in [1.165, 1.54) is 24.1 Å². The SMILES string of the molecule is COc1ccc(CN(C(=O)OC(C)(C)C)c2cc(OC(C)=O)ccn2)cc1. The maximum Gasteiger partial charge on any atom is 0.416 e. The molecule has 0 aliphatic heterocycles. The summed E-state index contributed by atoms with van der Waals surface area (Å²) in [5.41, 5.74) is 0.198. The van der Waals surface area contributed by atoms with E-state index in [0.29, 0.717) is 11.6 Å². The van der Waals surface area contributed by atoms with Gasteiger partial charge in [0.25, 0.3) is 0 Å². The normalized spacial score (nSPS) is 10.9. The van der Waals surface area contributed by atoms with Gasteiger partial charge in [-0.2, -0.15) is 0 Å². The van der Waals surface area contributed by atoms with Crippen molar-refractivity contribution in [3.05, 3.63) is 48.2 Å². The van der Waals surface area contributed by atoms with Crippen LogP contribution >= 0.6 is 0 Å². The highest BCUT2D eigenvalue weighted by atomic mass is 16.6. The van der Waals surface area contributed by atoms with E-state index in [-0.39, 0.29) is 6.54 Å². The molecule has 144 valence electrons. The van der Waals surface area contributed by atoms with Crippen molar-refractivity contribution in [3.63, 3.8) is 0 Å². The fourth-order valence-electron chi connectivity index (χ4n) is 2.25. The second-order valence-electron chi connectivity index (χ2n) is 6.86. The van der Waals surface area contributed by atoms with Gasteiger partial charge in [-0.15, -0.1) is 0 Å². The van der Waals surface area contributed by atoms with Gasteiger partial charge in [-0.3, -0.25) is 9.69 Å². The number of hydrogen-bond donors (Lipinski definition) is 0. The molecule has 2 rings (SSSR count). The minimum Gasteiger partial charge on any atom is -0.497 e. The van der Waals surface area contributed by atoms with Gasteiger partial charge in [-0.05, 0) is 44.5 Å². The molecule has 7 heteroatoms. The Bertz CT molecular complexity index is 797. The fourth-order valence-corrected chi connectivity index (χ4v) is 2.25. The molecule has 27 heavy (non-hydrogen) atoms. The van der Waals surface area contributed by atoms with E-state index in [9.17, 15) is 9.59 Å². The molecule has 2 aromatic rings. The van der Waals surface area contributed by atoms with Crippen LogP contribution in [0, 0.1) is 0 Å². The van der Waals surface area contributed by atoms with E-state index in [1.54, 1.807) is 33.9 Å². The Labute approximate surface area is 158 Å². The Morgan fingerprint density at radius 3 is 2.30 bits per heavy atom. The molecule has 1 aromatic heterocycles. The van der Waals surface area contributed by atoms with Crippen molar-refractivity contribution >= 4 is 17.9 Å². The summed E-state index contributed by atoms with van der Waals surface area (Å²) in [6, 6.07) is 10.4. The summed E-state index contributed by atoms with van der Waals surface area (Å²) >= 11 is 0. The third kappa shape index (κ3) is 6.29. The molecule has 0 aliphatic carbocycles. The third-order valence-corrected chi connectivity index (χ3v) is 3.37. The summed E-state index contributed by atoms with van der Waals surface area (Å²) in [6.07, 6.45) is 0.921. The van der Waals surface area contributed by atoms with Gasteiger partial charge >= 0.3 is 12.1 Å². The lowest BCUT2D eigenvalue weighted by molar-refractivity contribution is -0.131. The van der Waals surface area contributed by atoms with E-state index < -0.39 is 17.7 Å². The first-order chi connectivity index (χ1) is 12.7. The Balaban J connectivity index is 2.33. The van der Waals surface area contributed by atoms with Crippen LogP contribution in [0.1, 0.15) is 33.3 Å². The van der Waals surface area contributed by atoms with Gasteiger partial charge in [0.2, 0.25) is 0 Å². The summed E-state index contributed by atoms with van der Waals surface area (Å²) in [5.74, 6) is 0.887. The molecule has 0 saturated heterocycles. The number of ether oxygens (including phenoxy) is 3. The molecule has 0 unspecified atom stereocenters. The van der Waals surface area contributed by atoms with Crippen LogP contribution in [-0.2, 0) is 16.1 Å². The monoisotopic (exact) mass is 372 g/mol. The number of nitrogens with zero attached hydrogens (tertiary/aromatic N) is 2. The van der Waals surface area contributed by atoms with Crippen molar-refractivity contribution in [2.75, 3.05) is 12.0 Å². The summed E-state index contributed by atoms with van der Waals surface area (Å²) < 4.78 is 15.8. The maximum atomic E-state index is 12.8. The van der Waals surface area contributed by atoms with E-state index in [1.807, 2.05) is 24.3 Å². The Morgan fingerprint density at radius 2 is 1.74 bits per heavy atom. The highest BCUT2D eigenvalue weighted by molar-refractivity contribution is 5.87. The van der Waals surface area contributed by atoms with Crippen LogP contribution in [0.5, 0.6) is 11.5 Å². The maximum absolute atomic E-state index is 12.8. The predicted octanol–water partition coefficient (Wildman–Crippen LogP) is 3.96. The van der Waals surface area contributed by atoms with Crippen LogP contribution in [0.4, 0.5) is 10.6 Å². The molecule has 1 amide bonds. The van der Waals surface area contributed by atoms with Gasteiger partial charge in [0, 0.05) is 19.2 Å². The summed E-state index contributed by atoms with van der Waals surface area (Å²) in [5, 5.41) is 0. The number of pyridine rings is 1. The fraction of sp³-hybridized carbons (Fsp3) is 0.350. The molecule has 0 aliphatic rings. The summed E-state index contributed by atoms with van der Waals surface area (Å²) in [6.45, 7) is 6.91. The molecular formula is C20H24N2O5. The van der Waals surface area contributed by atoms with Crippen molar-refractivity contribution in [2.45, 2.75) is 39.8 Å². The Hall–Kier alpha value is -3.09. The highest BCUT2D eigenvalue weighted by Gasteiger charge is 2.25. The number of esters is 1. The zero-order valence-corrected chi connectivity index (χ0v) is 16.2. The first-order valence-electron chi connectivity index (χ1n) is 8.46. The number of aromatic nitrogens is 1. The number of carbonyl (C=O) groups is 2. The van der Waals surface area contributed by atoms with E-state index >= 15 is 0 Å². The quantitative estimate of drug-likeness (QED) is 0.740. The smallest absolute Gasteiger partial charge is 0.416 e. The molecule has 0 radical (unpaired) electrons. The lowest BCUT2D eigenvalue weighted by Gasteiger charge is -2.27. The first-order valence-corrected chi connectivity index (χ1v) is 8.46. The second-order valence-corrected chi connectivity index (χ2v) is 6.86. The van der Waals surface area contributed by atoms with E-state index in [2.05, 4.69) is 4.98 Å². The molecule has 1 aromatic carbocycles. The zero-order valence-electron chi connectivity index (χ0n) is 16.2. The van der Waals surface area contributed by atoms with Crippen molar-refractivity contribution in [3.8, 4) is 11.5 Å². The van der Waals surface area contributed by atoms with Crippen molar-refractivity contribution in [1.29, 1.82) is 0 Å². The average Bonchev–Trinajstić information content (AvgIpc) is 2.58. The number of hydrogen-bond acceptors (Lipinski definition) is 6. The van der Waals surface area contributed by atoms with Gasteiger partial charge < -0.3 is 14.2 Å². The minimum absolute atomic E-state index is 0.232. The topological polar surface area (TPSA) is 78.0 Å². The largest absolute Gasteiger partial charge is 0.497 e. The first kappa shape index (κ1) is 20.2.